The van der Waals surface area contributed by atoms with Gasteiger partial charge in [0, 0.05) is 28.3 Å². The number of halogens is 2. The summed E-state index contributed by atoms with van der Waals surface area (Å²) in [6.07, 6.45) is 1.62. The van der Waals surface area contributed by atoms with E-state index in [4.69, 9.17) is 32.7 Å². The molecule has 0 atom stereocenters. The zero-order chi connectivity index (χ0) is 25.3. The number of benzene rings is 3. The molecular formula is C25H23Cl2N7O2. The van der Waals surface area contributed by atoms with Gasteiger partial charge in [-0.25, -0.2) is 5.43 Å². The van der Waals surface area contributed by atoms with Crippen molar-refractivity contribution in [2.45, 2.75) is 6.61 Å². The topological polar surface area (TPSA) is 106 Å². The third-order valence-electron chi connectivity index (χ3n) is 4.85. The van der Waals surface area contributed by atoms with Crippen LogP contribution in [0, 0.1) is 0 Å². The third-order valence-corrected chi connectivity index (χ3v) is 5.44. The van der Waals surface area contributed by atoms with Crippen LogP contribution in [0.25, 0.3) is 0 Å². The van der Waals surface area contributed by atoms with Crippen LogP contribution in [0.3, 0.4) is 0 Å². The van der Waals surface area contributed by atoms with Crippen LogP contribution in [0.1, 0.15) is 11.1 Å². The van der Waals surface area contributed by atoms with Crippen LogP contribution in [0.4, 0.5) is 23.5 Å². The molecule has 0 aliphatic rings. The largest absolute Gasteiger partial charge is 0.493 e. The van der Waals surface area contributed by atoms with Gasteiger partial charge in [-0.2, -0.15) is 20.1 Å². The van der Waals surface area contributed by atoms with E-state index in [0.29, 0.717) is 33.4 Å². The molecular weight excluding hydrogens is 501 g/mol. The second-order valence-corrected chi connectivity index (χ2v) is 8.20. The zero-order valence-electron chi connectivity index (χ0n) is 19.5. The SMILES string of the molecule is CNc1nc(NN=Cc2ccc(OCc3ccc(Cl)cc3Cl)c(OC)c2)nc(Nc2ccccc2)n1. The van der Waals surface area contributed by atoms with Gasteiger partial charge in [0.05, 0.1) is 13.3 Å². The van der Waals surface area contributed by atoms with Gasteiger partial charge in [-0.3, -0.25) is 0 Å². The van der Waals surface area contributed by atoms with E-state index < -0.39 is 0 Å². The molecule has 0 unspecified atom stereocenters. The molecule has 0 saturated carbocycles. The highest BCUT2D eigenvalue weighted by atomic mass is 35.5. The number of ether oxygens (including phenoxy) is 2. The number of methoxy groups -OCH3 is 1. The lowest BCUT2D eigenvalue weighted by molar-refractivity contribution is 0.284. The second-order valence-electron chi connectivity index (χ2n) is 7.35. The van der Waals surface area contributed by atoms with E-state index in [9.17, 15) is 0 Å². The van der Waals surface area contributed by atoms with Crippen LogP contribution >= 0.6 is 23.2 Å². The van der Waals surface area contributed by atoms with E-state index >= 15 is 0 Å². The number of hydrogen-bond donors (Lipinski definition) is 3. The summed E-state index contributed by atoms with van der Waals surface area (Å²) < 4.78 is 11.4. The van der Waals surface area contributed by atoms with E-state index in [0.717, 1.165) is 16.8 Å². The number of hydrogen-bond acceptors (Lipinski definition) is 9. The zero-order valence-corrected chi connectivity index (χ0v) is 21.0. The van der Waals surface area contributed by atoms with Crippen LogP contribution in [-0.4, -0.2) is 35.3 Å². The fraction of sp³-hybridized carbons (Fsp3) is 0.120. The average molecular weight is 524 g/mol. The first-order chi connectivity index (χ1) is 17.5. The molecule has 0 amide bonds. The van der Waals surface area contributed by atoms with Crippen molar-refractivity contribution < 1.29 is 9.47 Å². The standard InChI is InChI=1S/C25H23Cl2N7O2/c1-28-23-31-24(30-19-6-4-3-5-7-19)33-25(32-23)34-29-14-16-8-11-21(22(12-16)35-2)36-15-17-9-10-18(26)13-20(17)27/h3-14H,15H2,1-2H3,(H3,28,30,31,32,33,34). The number of aromatic nitrogens is 3. The first kappa shape index (κ1) is 25.0. The molecule has 0 radical (unpaired) electrons. The summed E-state index contributed by atoms with van der Waals surface area (Å²) in [7, 11) is 3.30. The van der Waals surface area contributed by atoms with Crippen molar-refractivity contribution in [1.29, 1.82) is 0 Å². The van der Waals surface area contributed by atoms with Gasteiger partial charge in [0.15, 0.2) is 11.5 Å². The Balaban J connectivity index is 1.43. The normalized spacial score (nSPS) is 10.8. The van der Waals surface area contributed by atoms with E-state index in [1.165, 1.54) is 0 Å². The van der Waals surface area contributed by atoms with Crippen molar-refractivity contribution >= 4 is 52.9 Å². The van der Waals surface area contributed by atoms with E-state index in [1.54, 1.807) is 44.6 Å². The summed E-state index contributed by atoms with van der Waals surface area (Å²) in [5.74, 6) is 2.17. The Hall–Kier alpha value is -4.08. The van der Waals surface area contributed by atoms with Gasteiger partial charge in [0.1, 0.15) is 6.61 Å². The minimum Gasteiger partial charge on any atom is -0.493 e. The summed E-state index contributed by atoms with van der Waals surface area (Å²) >= 11 is 12.2. The minimum atomic E-state index is 0.272. The minimum absolute atomic E-state index is 0.272. The summed E-state index contributed by atoms with van der Waals surface area (Å²) in [6.45, 7) is 0.272. The Bertz CT molecular complexity index is 1350. The maximum atomic E-state index is 6.23. The molecule has 0 saturated heterocycles. The average Bonchev–Trinajstić information content (AvgIpc) is 2.89. The van der Waals surface area contributed by atoms with Gasteiger partial charge < -0.3 is 20.1 Å². The van der Waals surface area contributed by atoms with E-state index in [-0.39, 0.29) is 12.6 Å². The Morgan fingerprint density at radius 3 is 2.42 bits per heavy atom. The Kier molecular flexibility index (Phi) is 8.38. The van der Waals surface area contributed by atoms with Crippen molar-refractivity contribution in [2.24, 2.45) is 5.10 Å². The molecule has 1 aromatic heterocycles. The molecule has 0 aliphatic carbocycles. The van der Waals surface area contributed by atoms with Gasteiger partial charge in [0.25, 0.3) is 0 Å². The number of nitrogens with one attached hydrogen (secondary N) is 3. The van der Waals surface area contributed by atoms with Crippen LogP contribution < -0.4 is 25.5 Å². The number of anilines is 4. The van der Waals surface area contributed by atoms with Crippen molar-refractivity contribution in [2.75, 3.05) is 30.2 Å². The number of nitrogens with zero attached hydrogens (tertiary/aromatic N) is 4. The number of hydrazone groups is 1. The molecule has 9 nitrogen and oxygen atoms in total. The molecule has 4 aromatic rings. The molecule has 184 valence electrons. The quantitative estimate of drug-likeness (QED) is 0.172. The number of rotatable bonds is 10. The highest BCUT2D eigenvalue weighted by Gasteiger charge is 2.09. The molecule has 0 spiro atoms. The maximum Gasteiger partial charge on any atom is 0.250 e. The molecule has 11 heteroatoms. The van der Waals surface area contributed by atoms with Crippen LogP contribution in [0.5, 0.6) is 11.5 Å². The molecule has 1 heterocycles. The predicted octanol–water partition coefficient (Wildman–Crippen LogP) is 6.00. The lowest BCUT2D eigenvalue weighted by Crippen LogP contribution is -2.07. The summed E-state index contributed by atoms with van der Waals surface area (Å²) in [5, 5.41) is 11.4. The fourth-order valence-electron chi connectivity index (χ4n) is 3.09. The molecule has 36 heavy (non-hydrogen) atoms. The highest BCUT2D eigenvalue weighted by Crippen LogP contribution is 2.30. The van der Waals surface area contributed by atoms with Crippen LogP contribution in [0.2, 0.25) is 10.0 Å². The van der Waals surface area contributed by atoms with Gasteiger partial charge >= 0.3 is 0 Å². The molecule has 4 rings (SSSR count). The first-order valence-electron chi connectivity index (χ1n) is 10.8. The molecule has 3 aromatic carbocycles. The van der Waals surface area contributed by atoms with Gasteiger partial charge in [-0.05, 0) is 48.0 Å². The predicted molar refractivity (Wildman–Crippen MR) is 144 cm³/mol. The first-order valence-corrected chi connectivity index (χ1v) is 11.6. The van der Waals surface area contributed by atoms with E-state index in [1.807, 2.05) is 42.5 Å². The Morgan fingerprint density at radius 2 is 1.67 bits per heavy atom. The fourth-order valence-corrected chi connectivity index (χ4v) is 3.55. The van der Waals surface area contributed by atoms with Crippen LogP contribution in [0.15, 0.2) is 71.8 Å². The lowest BCUT2D eigenvalue weighted by atomic mass is 10.2. The highest BCUT2D eigenvalue weighted by molar-refractivity contribution is 6.35. The summed E-state index contributed by atoms with van der Waals surface area (Å²) in [5.41, 5.74) is 5.28. The third kappa shape index (κ3) is 6.74. The molecule has 0 fully saturated rings. The van der Waals surface area contributed by atoms with Crippen molar-refractivity contribution in [3.05, 3.63) is 87.9 Å². The van der Waals surface area contributed by atoms with Gasteiger partial charge in [0.2, 0.25) is 17.8 Å². The monoisotopic (exact) mass is 523 g/mol. The molecule has 3 N–H and O–H groups in total. The number of para-hydroxylation sites is 1. The van der Waals surface area contributed by atoms with Crippen molar-refractivity contribution in [1.82, 2.24) is 15.0 Å². The molecule has 0 bridgehead atoms. The van der Waals surface area contributed by atoms with Crippen LogP contribution in [-0.2, 0) is 6.61 Å². The smallest absolute Gasteiger partial charge is 0.250 e. The molecule has 0 aliphatic heterocycles. The van der Waals surface area contributed by atoms with E-state index in [2.05, 4.69) is 36.1 Å². The second kappa shape index (κ2) is 12.1. The van der Waals surface area contributed by atoms with Crippen molar-refractivity contribution in [3.8, 4) is 11.5 Å². The Labute approximate surface area is 218 Å². The lowest BCUT2D eigenvalue weighted by Gasteiger charge is -2.12. The van der Waals surface area contributed by atoms with Crippen molar-refractivity contribution in [3.63, 3.8) is 0 Å². The van der Waals surface area contributed by atoms with Gasteiger partial charge in [-0.1, -0.05) is 47.5 Å². The summed E-state index contributed by atoms with van der Waals surface area (Å²) in [6, 6.07) is 20.3. The van der Waals surface area contributed by atoms with Gasteiger partial charge in [-0.15, -0.1) is 0 Å². The maximum absolute atomic E-state index is 6.23. The summed E-state index contributed by atoms with van der Waals surface area (Å²) in [4.78, 5) is 12.9. The Morgan fingerprint density at radius 1 is 0.889 bits per heavy atom.